The summed E-state index contributed by atoms with van der Waals surface area (Å²) in [6.45, 7) is 6.17. The second-order valence-electron chi connectivity index (χ2n) is 6.09. The van der Waals surface area contributed by atoms with E-state index in [4.69, 9.17) is 9.52 Å². The number of aliphatic hydroxyl groups excluding tert-OH is 1. The normalized spacial score (nSPS) is 10.4. The zero-order valence-electron chi connectivity index (χ0n) is 16.6. The monoisotopic (exact) mass is 387 g/mol. The van der Waals surface area contributed by atoms with E-state index in [9.17, 15) is 9.18 Å². The maximum atomic E-state index is 14.3. The molecule has 2 aromatic heterocycles. The van der Waals surface area contributed by atoms with Gasteiger partial charge in [0.25, 0.3) is 5.91 Å². The number of halogens is 1. The number of rotatable bonds is 6. The lowest BCUT2D eigenvalue weighted by molar-refractivity contribution is 0.0758. The molecule has 3 rings (SSSR count). The molecule has 0 bridgehead atoms. The Morgan fingerprint density at radius 2 is 2.07 bits per heavy atom. The Hall–Kier alpha value is -2.93. The summed E-state index contributed by atoms with van der Waals surface area (Å²) in [5, 5.41) is 12.5. The number of anilines is 2. The fourth-order valence-corrected chi connectivity index (χ4v) is 2.66. The summed E-state index contributed by atoms with van der Waals surface area (Å²) in [6, 6.07) is 6.46. The van der Waals surface area contributed by atoms with Crippen LogP contribution in [0.3, 0.4) is 0 Å². The smallest absolute Gasteiger partial charge is 0.291 e. The lowest BCUT2D eigenvalue weighted by Crippen LogP contribution is -2.28. The standard InChI is InChI=1S/C19H20FN3O3.C2H6/c1-12-4-5-15(14(20)10-12)22-17-13-11-21-7-6-16(13)26-18(17)19(25)23(2)8-3-9-24;1-2/h4-7,10-11,22,24H,3,8-9H2,1-2H3;1-2H3. The van der Waals surface area contributed by atoms with E-state index in [1.807, 2.05) is 13.8 Å². The summed E-state index contributed by atoms with van der Waals surface area (Å²) in [5.74, 6) is -0.701. The van der Waals surface area contributed by atoms with E-state index >= 15 is 0 Å². The largest absolute Gasteiger partial charge is 0.448 e. The van der Waals surface area contributed by atoms with Crippen LogP contribution in [0.1, 0.15) is 36.4 Å². The minimum atomic E-state index is -0.421. The first-order chi connectivity index (χ1) is 13.5. The Bertz CT molecular complexity index is 940. The maximum Gasteiger partial charge on any atom is 0.291 e. The van der Waals surface area contributed by atoms with Crippen LogP contribution in [-0.4, -0.2) is 41.1 Å². The third-order valence-corrected chi connectivity index (χ3v) is 4.07. The molecular formula is C21H26FN3O3. The highest BCUT2D eigenvalue weighted by atomic mass is 19.1. The zero-order chi connectivity index (χ0) is 20.7. The maximum absolute atomic E-state index is 14.3. The van der Waals surface area contributed by atoms with E-state index in [2.05, 4.69) is 10.3 Å². The van der Waals surface area contributed by atoms with Crippen LogP contribution in [0.25, 0.3) is 11.0 Å². The molecular weight excluding hydrogens is 361 g/mol. The van der Waals surface area contributed by atoms with Crippen molar-refractivity contribution in [3.8, 4) is 0 Å². The number of amides is 1. The minimum Gasteiger partial charge on any atom is -0.448 e. The first-order valence-corrected chi connectivity index (χ1v) is 9.27. The molecule has 0 aliphatic carbocycles. The van der Waals surface area contributed by atoms with Crippen LogP contribution in [0.4, 0.5) is 15.8 Å². The Balaban J connectivity index is 0.00000136. The number of benzene rings is 1. The molecule has 0 aliphatic heterocycles. The summed E-state index contributed by atoms with van der Waals surface area (Å²) in [5.41, 5.74) is 1.90. The zero-order valence-corrected chi connectivity index (χ0v) is 16.6. The molecule has 3 aromatic rings. The predicted octanol–water partition coefficient (Wildman–Crippen LogP) is 4.50. The van der Waals surface area contributed by atoms with Gasteiger partial charge in [0.2, 0.25) is 5.76 Å². The van der Waals surface area contributed by atoms with E-state index in [0.29, 0.717) is 29.6 Å². The van der Waals surface area contributed by atoms with Crippen LogP contribution in [-0.2, 0) is 0 Å². The number of carbonyl (C=O) groups excluding carboxylic acids is 1. The fourth-order valence-electron chi connectivity index (χ4n) is 2.66. The molecule has 0 aliphatic rings. The number of hydrogen-bond donors (Lipinski definition) is 2. The third-order valence-electron chi connectivity index (χ3n) is 4.07. The van der Waals surface area contributed by atoms with Crippen LogP contribution >= 0.6 is 0 Å². The van der Waals surface area contributed by atoms with Crippen LogP contribution in [0.15, 0.2) is 41.1 Å². The summed E-state index contributed by atoms with van der Waals surface area (Å²) in [7, 11) is 1.62. The molecule has 150 valence electrons. The molecule has 6 nitrogen and oxygen atoms in total. The highest BCUT2D eigenvalue weighted by Crippen LogP contribution is 2.34. The van der Waals surface area contributed by atoms with Crippen molar-refractivity contribution in [2.75, 3.05) is 25.5 Å². The quantitative estimate of drug-likeness (QED) is 0.651. The molecule has 1 amide bonds. The lowest BCUT2D eigenvalue weighted by Gasteiger charge is -2.16. The van der Waals surface area contributed by atoms with Crippen molar-refractivity contribution in [2.45, 2.75) is 27.2 Å². The topological polar surface area (TPSA) is 78.6 Å². The van der Waals surface area contributed by atoms with Gasteiger partial charge in [-0.3, -0.25) is 9.78 Å². The van der Waals surface area contributed by atoms with E-state index in [1.165, 1.54) is 11.0 Å². The van der Waals surface area contributed by atoms with Gasteiger partial charge in [0.1, 0.15) is 17.1 Å². The number of nitrogens with one attached hydrogen (secondary N) is 1. The van der Waals surface area contributed by atoms with Crippen LogP contribution in [0, 0.1) is 12.7 Å². The molecule has 7 heteroatoms. The summed E-state index contributed by atoms with van der Waals surface area (Å²) >= 11 is 0. The van der Waals surface area contributed by atoms with Crippen molar-refractivity contribution in [1.29, 1.82) is 0 Å². The summed E-state index contributed by atoms with van der Waals surface area (Å²) < 4.78 is 20.0. The molecule has 0 saturated heterocycles. The number of furan rings is 1. The van der Waals surface area contributed by atoms with Gasteiger partial charge in [-0.1, -0.05) is 19.9 Å². The third kappa shape index (κ3) is 4.67. The van der Waals surface area contributed by atoms with Crippen molar-refractivity contribution < 1.29 is 18.7 Å². The van der Waals surface area contributed by atoms with E-state index in [-0.39, 0.29) is 24.0 Å². The first-order valence-electron chi connectivity index (χ1n) is 9.27. The lowest BCUT2D eigenvalue weighted by atomic mass is 10.2. The summed E-state index contributed by atoms with van der Waals surface area (Å²) in [6.07, 6.45) is 3.59. The van der Waals surface area contributed by atoms with Gasteiger partial charge in [-0.15, -0.1) is 0 Å². The van der Waals surface area contributed by atoms with Gasteiger partial charge >= 0.3 is 0 Å². The van der Waals surface area contributed by atoms with Crippen molar-refractivity contribution in [2.24, 2.45) is 0 Å². The molecule has 0 fully saturated rings. The second kappa shape index (κ2) is 9.85. The highest BCUT2D eigenvalue weighted by molar-refractivity contribution is 6.07. The number of aliphatic hydroxyl groups is 1. The van der Waals surface area contributed by atoms with E-state index in [0.717, 1.165) is 5.56 Å². The van der Waals surface area contributed by atoms with Crippen molar-refractivity contribution >= 4 is 28.3 Å². The van der Waals surface area contributed by atoms with Gasteiger partial charge in [0, 0.05) is 32.6 Å². The molecule has 0 spiro atoms. The van der Waals surface area contributed by atoms with Gasteiger partial charge in [0.15, 0.2) is 0 Å². The number of carbonyl (C=O) groups is 1. The highest BCUT2D eigenvalue weighted by Gasteiger charge is 2.24. The Labute approximate surface area is 164 Å². The SMILES string of the molecule is CC.Cc1ccc(Nc2c(C(=O)N(C)CCCO)oc3ccncc23)c(F)c1. The van der Waals surface area contributed by atoms with Gasteiger partial charge < -0.3 is 19.7 Å². The number of aryl methyl sites for hydroxylation is 1. The molecule has 0 saturated carbocycles. The molecule has 2 N–H and O–H groups in total. The van der Waals surface area contributed by atoms with Crippen LogP contribution < -0.4 is 5.32 Å². The Morgan fingerprint density at radius 3 is 2.75 bits per heavy atom. The van der Waals surface area contributed by atoms with Gasteiger partial charge in [-0.2, -0.15) is 0 Å². The minimum absolute atomic E-state index is 0.0125. The molecule has 0 atom stereocenters. The Morgan fingerprint density at radius 1 is 1.32 bits per heavy atom. The molecule has 1 aromatic carbocycles. The molecule has 2 heterocycles. The number of hydrogen-bond acceptors (Lipinski definition) is 5. The average molecular weight is 387 g/mol. The molecule has 0 radical (unpaired) electrons. The Kier molecular flexibility index (Phi) is 7.52. The molecule has 0 unspecified atom stereocenters. The van der Waals surface area contributed by atoms with Crippen LogP contribution in [0.2, 0.25) is 0 Å². The van der Waals surface area contributed by atoms with Crippen molar-refractivity contribution in [1.82, 2.24) is 9.88 Å². The van der Waals surface area contributed by atoms with E-state index in [1.54, 1.807) is 44.6 Å². The number of pyridine rings is 1. The predicted molar refractivity (Wildman–Crippen MR) is 108 cm³/mol. The number of fused-ring (bicyclic) bond motifs is 1. The summed E-state index contributed by atoms with van der Waals surface area (Å²) in [4.78, 5) is 18.3. The van der Waals surface area contributed by atoms with Gasteiger partial charge in [0.05, 0.1) is 11.1 Å². The van der Waals surface area contributed by atoms with Crippen molar-refractivity contribution in [3.63, 3.8) is 0 Å². The number of nitrogens with zero attached hydrogens (tertiary/aromatic N) is 2. The number of aromatic nitrogens is 1. The first kappa shape index (κ1) is 21.4. The molecule has 28 heavy (non-hydrogen) atoms. The second-order valence-corrected chi connectivity index (χ2v) is 6.09. The van der Waals surface area contributed by atoms with Gasteiger partial charge in [-0.25, -0.2) is 4.39 Å². The average Bonchev–Trinajstić information content (AvgIpc) is 3.07. The fraction of sp³-hybridized carbons (Fsp3) is 0.333. The van der Waals surface area contributed by atoms with Gasteiger partial charge in [-0.05, 0) is 37.1 Å². The van der Waals surface area contributed by atoms with Crippen LogP contribution in [0.5, 0.6) is 0 Å². The van der Waals surface area contributed by atoms with E-state index < -0.39 is 5.82 Å². The van der Waals surface area contributed by atoms with Crippen molar-refractivity contribution in [3.05, 3.63) is 53.8 Å².